The Bertz CT molecular complexity index is 1040. The minimum absolute atomic E-state index is 0.0585. The zero-order valence-electron chi connectivity index (χ0n) is 15.5. The Morgan fingerprint density at radius 1 is 1.17 bits per heavy atom. The first-order valence-electron chi connectivity index (χ1n) is 9.01. The van der Waals surface area contributed by atoms with Crippen molar-refractivity contribution in [1.82, 2.24) is 20.5 Å². The average Bonchev–Trinajstić information content (AvgIpc) is 3.30. The zero-order valence-corrected chi connectivity index (χ0v) is 15.5. The number of nitrogens with one attached hydrogen (secondary N) is 3. The lowest BCUT2D eigenvalue weighted by molar-refractivity contribution is -0.137. The number of aromatic amines is 1. The molecule has 29 heavy (non-hydrogen) atoms. The van der Waals surface area contributed by atoms with Gasteiger partial charge in [0.15, 0.2) is 0 Å². The molecule has 0 unspecified atom stereocenters. The van der Waals surface area contributed by atoms with Gasteiger partial charge in [-0.25, -0.2) is 0 Å². The number of hydrogen-bond acceptors (Lipinski definition) is 4. The van der Waals surface area contributed by atoms with E-state index in [9.17, 15) is 18.0 Å². The van der Waals surface area contributed by atoms with Crippen LogP contribution in [0.5, 0.6) is 0 Å². The Labute approximate surface area is 164 Å². The Morgan fingerprint density at radius 2 is 1.93 bits per heavy atom. The maximum Gasteiger partial charge on any atom is 0.416 e. The number of rotatable bonds is 4. The third-order valence-electron chi connectivity index (χ3n) is 5.13. The first kappa shape index (κ1) is 19.0. The molecule has 1 aliphatic rings. The van der Waals surface area contributed by atoms with Crippen LogP contribution >= 0.6 is 0 Å². The minimum Gasteiger partial charge on any atom is -0.355 e. The third kappa shape index (κ3) is 3.55. The first-order chi connectivity index (χ1) is 13.8. The summed E-state index contributed by atoms with van der Waals surface area (Å²) in [5.74, 6) is -0.0585. The van der Waals surface area contributed by atoms with Gasteiger partial charge in [-0.2, -0.15) is 18.3 Å². The van der Waals surface area contributed by atoms with Gasteiger partial charge >= 0.3 is 6.18 Å². The van der Waals surface area contributed by atoms with Crippen LogP contribution in [0.25, 0.3) is 11.4 Å². The summed E-state index contributed by atoms with van der Waals surface area (Å²) in [4.78, 5) is 16.5. The summed E-state index contributed by atoms with van der Waals surface area (Å²) < 4.78 is 38.3. The third-order valence-corrected chi connectivity index (χ3v) is 5.13. The number of hydrogen-bond donors (Lipinski definition) is 3. The maximum absolute atomic E-state index is 12.8. The molecule has 0 saturated carbocycles. The number of carbonyl (C=O) groups is 1. The van der Waals surface area contributed by atoms with E-state index in [1.54, 1.807) is 24.4 Å². The standard InChI is InChI=1S/C20H18F3N5O/c1-19(8-10-25-18(19)29)16-11-15(27-28-16)17-14(3-2-9-24-17)26-13-6-4-12(5-7-13)20(21,22)23/h2-7,9,11,26H,8,10H2,1H3,(H,25,29)(H,27,28)/t19-/m1/s1. The molecule has 1 amide bonds. The number of halogens is 3. The molecule has 6 nitrogen and oxygen atoms in total. The highest BCUT2D eigenvalue weighted by molar-refractivity contribution is 5.89. The second-order valence-corrected chi connectivity index (χ2v) is 7.10. The van der Waals surface area contributed by atoms with Gasteiger partial charge in [-0.3, -0.25) is 14.9 Å². The summed E-state index contributed by atoms with van der Waals surface area (Å²) in [6.45, 7) is 2.46. The molecule has 2 aromatic heterocycles. The molecule has 3 heterocycles. The quantitative estimate of drug-likeness (QED) is 0.617. The lowest BCUT2D eigenvalue weighted by atomic mass is 9.85. The van der Waals surface area contributed by atoms with Gasteiger partial charge in [0.05, 0.1) is 22.4 Å². The fourth-order valence-electron chi connectivity index (χ4n) is 3.33. The monoisotopic (exact) mass is 401 g/mol. The van der Waals surface area contributed by atoms with Crippen molar-refractivity contribution in [3.05, 3.63) is 59.9 Å². The smallest absolute Gasteiger partial charge is 0.355 e. The predicted molar refractivity (Wildman–Crippen MR) is 102 cm³/mol. The van der Waals surface area contributed by atoms with Crippen LogP contribution in [0, 0.1) is 0 Å². The van der Waals surface area contributed by atoms with Gasteiger partial charge in [0.2, 0.25) is 5.91 Å². The van der Waals surface area contributed by atoms with Crippen molar-refractivity contribution >= 4 is 17.3 Å². The molecule has 0 spiro atoms. The predicted octanol–water partition coefficient (Wildman–Crippen LogP) is 4.01. The van der Waals surface area contributed by atoms with Crippen molar-refractivity contribution < 1.29 is 18.0 Å². The normalized spacial score (nSPS) is 19.2. The summed E-state index contributed by atoms with van der Waals surface area (Å²) in [5.41, 5.74) is 1.44. The SMILES string of the molecule is C[C@]1(c2cc(-c3ncccc3Nc3ccc(C(F)(F)F)cc3)n[nH]2)CCNC1=O. The van der Waals surface area contributed by atoms with Crippen molar-refractivity contribution in [2.24, 2.45) is 0 Å². The van der Waals surface area contributed by atoms with Crippen molar-refractivity contribution in [3.63, 3.8) is 0 Å². The summed E-state index contributed by atoms with van der Waals surface area (Å²) in [6.07, 6.45) is -2.12. The lowest BCUT2D eigenvalue weighted by Crippen LogP contribution is -2.32. The fourth-order valence-corrected chi connectivity index (χ4v) is 3.33. The number of aromatic nitrogens is 3. The van der Waals surface area contributed by atoms with E-state index in [2.05, 4.69) is 25.8 Å². The summed E-state index contributed by atoms with van der Waals surface area (Å²) in [5, 5.41) is 13.1. The molecular formula is C20H18F3N5O. The number of alkyl halides is 3. The van der Waals surface area contributed by atoms with Crippen molar-refractivity contribution in [2.45, 2.75) is 24.9 Å². The van der Waals surface area contributed by atoms with Gasteiger partial charge in [0, 0.05) is 18.4 Å². The van der Waals surface area contributed by atoms with Crippen LogP contribution in [0.2, 0.25) is 0 Å². The zero-order chi connectivity index (χ0) is 20.6. The molecule has 3 aromatic rings. The Morgan fingerprint density at radius 3 is 2.59 bits per heavy atom. The Hall–Kier alpha value is -3.36. The summed E-state index contributed by atoms with van der Waals surface area (Å²) in [7, 11) is 0. The molecule has 3 N–H and O–H groups in total. The number of amides is 1. The number of nitrogens with zero attached hydrogens (tertiary/aromatic N) is 2. The van der Waals surface area contributed by atoms with Crippen LogP contribution in [0.1, 0.15) is 24.6 Å². The number of H-pyrrole nitrogens is 1. The molecule has 0 aliphatic carbocycles. The highest BCUT2D eigenvalue weighted by atomic mass is 19.4. The molecule has 0 radical (unpaired) electrons. The van der Waals surface area contributed by atoms with Crippen molar-refractivity contribution in [1.29, 1.82) is 0 Å². The molecule has 1 fully saturated rings. The van der Waals surface area contributed by atoms with Gasteiger partial charge in [0.25, 0.3) is 0 Å². The van der Waals surface area contributed by atoms with E-state index in [0.717, 1.165) is 12.1 Å². The van der Waals surface area contributed by atoms with Crippen molar-refractivity contribution in [3.8, 4) is 11.4 Å². The van der Waals surface area contributed by atoms with Gasteiger partial charge in [-0.05, 0) is 55.8 Å². The van der Waals surface area contributed by atoms with E-state index in [1.165, 1.54) is 12.1 Å². The van der Waals surface area contributed by atoms with Crippen LogP contribution in [0.4, 0.5) is 24.5 Å². The maximum atomic E-state index is 12.8. The van der Waals surface area contributed by atoms with Gasteiger partial charge in [-0.15, -0.1) is 0 Å². The number of anilines is 2. The van der Waals surface area contributed by atoms with E-state index in [0.29, 0.717) is 41.4 Å². The molecule has 150 valence electrons. The molecular weight excluding hydrogens is 383 g/mol. The summed E-state index contributed by atoms with van der Waals surface area (Å²) >= 11 is 0. The fraction of sp³-hybridized carbons (Fsp3) is 0.250. The van der Waals surface area contributed by atoms with E-state index in [1.807, 2.05) is 6.92 Å². The van der Waals surface area contributed by atoms with Crippen LogP contribution in [-0.2, 0) is 16.4 Å². The van der Waals surface area contributed by atoms with E-state index >= 15 is 0 Å². The first-order valence-corrected chi connectivity index (χ1v) is 9.01. The van der Waals surface area contributed by atoms with E-state index in [-0.39, 0.29) is 5.91 Å². The van der Waals surface area contributed by atoms with Crippen molar-refractivity contribution in [2.75, 3.05) is 11.9 Å². The molecule has 1 aliphatic heterocycles. The van der Waals surface area contributed by atoms with Crippen LogP contribution in [0.15, 0.2) is 48.7 Å². The van der Waals surface area contributed by atoms with E-state index < -0.39 is 17.2 Å². The number of benzene rings is 1. The topological polar surface area (TPSA) is 82.7 Å². The van der Waals surface area contributed by atoms with Gasteiger partial charge in [0.1, 0.15) is 11.4 Å². The van der Waals surface area contributed by atoms with Gasteiger partial charge in [-0.1, -0.05) is 0 Å². The molecule has 1 atom stereocenters. The Balaban J connectivity index is 1.62. The minimum atomic E-state index is -4.38. The molecule has 9 heteroatoms. The summed E-state index contributed by atoms with van der Waals surface area (Å²) in [6, 6.07) is 10.0. The van der Waals surface area contributed by atoms with Gasteiger partial charge < -0.3 is 10.6 Å². The lowest BCUT2D eigenvalue weighted by Gasteiger charge is -2.17. The van der Waals surface area contributed by atoms with E-state index in [4.69, 9.17) is 0 Å². The second kappa shape index (κ2) is 6.91. The second-order valence-electron chi connectivity index (χ2n) is 7.10. The molecule has 1 aromatic carbocycles. The Kier molecular flexibility index (Phi) is 4.52. The van der Waals surface area contributed by atoms with Crippen LogP contribution < -0.4 is 10.6 Å². The highest BCUT2D eigenvalue weighted by Gasteiger charge is 2.41. The molecule has 4 rings (SSSR count). The average molecular weight is 401 g/mol. The number of carbonyl (C=O) groups excluding carboxylic acids is 1. The van der Waals surface area contributed by atoms with Crippen LogP contribution in [-0.4, -0.2) is 27.6 Å². The highest BCUT2D eigenvalue weighted by Crippen LogP contribution is 2.34. The molecule has 1 saturated heterocycles. The largest absolute Gasteiger partial charge is 0.416 e. The number of pyridine rings is 1. The molecule has 0 bridgehead atoms. The van der Waals surface area contributed by atoms with Crippen LogP contribution in [0.3, 0.4) is 0 Å².